The molecule has 4 heteroatoms. The molecule has 23 heavy (non-hydrogen) atoms. The maximum absolute atomic E-state index is 4.78. The smallest absolute Gasteiger partial charge is 0.0655 e. The number of hydrogen-bond acceptors (Lipinski definition) is 2. The van der Waals surface area contributed by atoms with E-state index in [2.05, 4.69) is 63.6 Å². The summed E-state index contributed by atoms with van der Waals surface area (Å²) < 4.78 is 4.19. The molecule has 2 heterocycles. The van der Waals surface area contributed by atoms with Crippen LogP contribution in [0.2, 0.25) is 0 Å². The fourth-order valence-corrected chi connectivity index (χ4v) is 3.60. The average molecular weight is 314 g/mol. The zero-order chi connectivity index (χ0) is 16.9. The van der Waals surface area contributed by atoms with E-state index < -0.39 is 0 Å². The van der Waals surface area contributed by atoms with Crippen molar-refractivity contribution in [3.8, 4) is 0 Å². The van der Waals surface area contributed by atoms with Crippen molar-refractivity contribution in [2.75, 3.05) is 0 Å². The Bertz CT molecular complexity index is 682. The third kappa shape index (κ3) is 3.22. The Labute approximate surface area is 139 Å². The predicted octanol–water partition coefficient (Wildman–Crippen LogP) is 4.29. The summed E-state index contributed by atoms with van der Waals surface area (Å²) in [4.78, 5) is 0. The van der Waals surface area contributed by atoms with Gasteiger partial charge in [0.25, 0.3) is 0 Å². The fraction of sp³-hybridized carbons (Fsp3) is 0.684. The molecule has 2 aromatic rings. The summed E-state index contributed by atoms with van der Waals surface area (Å²) >= 11 is 0. The molecule has 0 aromatic carbocycles. The van der Waals surface area contributed by atoms with Crippen molar-refractivity contribution in [1.29, 1.82) is 0 Å². The molecule has 0 saturated heterocycles. The number of aromatic nitrogens is 4. The van der Waals surface area contributed by atoms with E-state index in [9.17, 15) is 0 Å². The van der Waals surface area contributed by atoms with Crippen LogP contribution in [-0.2, 0) is 12.5 Å². The molecule has 1 saturated carbocycles. The molecule has 0 spiro atoms. The fourth-order valence-electron chi connectivity index (χ4n) is 3.60. The van der Waals surface area contributed by atoms with Gasteiger partial charge in [0, 0.05) is 24.9 Å². The largest absolute Gasteiger partial charge is 0.273 e. The molecular formula is C19H30N4. The molecule has 3 unspecified atom stereocenters. The van der Waals surface area contributed by atoms with Crippen LogP contribution >= 0.6 is 0 Å². The minimum Gasteiger partial charge on any atom is -0.273 e. The summed E-state index contributed by atoms with van der Waals surface area (Å²) in [6, 6.07) is 2.80. The quantitative estimate of drug-likeness (QED) is 0.844. The second-order valence-corrected chi connectivity index (χ2v) is 8.39. The van der Waals surface area contributed by atoms with Crippen molar-refractivity contribution < 1.29 is 0 Å². The van der Waals surface area contributed by atoms with Gasteiger partial charge in [-0.05, 0) is 49.7 Å². The van der Waals surface area contributed by atoms with E-state index in [0.717, 1.165) is 5.92 Å². The summed E-state index contributed by atoms with van der Waals surface area (Å²) in [6.07, 6.45) is 4.72. The van der Waals surface area contributed by atoms with Gasteiger partial charge in [-0.1, -0.05) is 27.7 Å². The van der Waals surface area contributed by atoms with Gasteiger partial charge >= 0.3 is 0 Å². The van der Waals surface area contributed by atoms with E-state index in [1.165, 1.54) is 35.5 Å². The molecule has 2 aromatic heterocycles. The number of aryl methyl sites for hydroxylation is 3. The molecule has 0 radical (unpaired) electrons. The average Bonchev–Trinajstić information content (AvgIpc) is 2.94. The van der Waals surface area contributed by atoms with Crippen LogP contribution in [0.5, 0.6) is 0 Å². The maximum atomic E-state index is 4.78. The molecule has 4 nitrogen and oxygen atoms in total. The van der Waals surface area contributed by atoms with Crippen LogP contribution in [0.1, 0.15) is 75.1 Å². The molecule has 1 aliphatic carbocycles. The van der Waals surface area contributed by atoms with Crippen LogP contribution < -0.4 is 0 Å². The zero-order valence-corrected chi connectivity index (χ0v) is 15.6. The number of hydrogen-bond donors (Lipinski definition) is 0. The monoisotopic (exact) mass is 314 g/mol. The van der Waals surface area contributed by atoms with Crippen LogP contribution in [0.4, 0.5) is 0 Å². The van der Waals surface area contributed by atoms with E-state index >= 15 is 0 Å². The Hall–Kier alpha value is -1.58. The lowest BCUT2D eigenvalue weighted by Gasteiger charge is -2.16. The third-order valence-electron chi connectivity index (χ3n) is 5.24. The van der Waals surface area contributed by atoms with Crippen LogP contribution in [-0.4, -0.2) is 19.6 Å². The van der Waals surface area contributed by atoms with Crippen LogP contribution in [0, 0.1) is 19.8 Å². The lowest BCUT2D eigenvalue weighted by atomic mass is 9.88. The molecule has 3 rings (SSSR count). The predicted molar refractivity (Wildman–Crippen MR) is 93.8 cm³/mol. The third-order valence-corrected chi connectivity index (χ3v) is 5.24. The number of nitrogens with zero attached hydrogens (tertiary/aromatic N) is 4. The van der Waals surface area contributed by atoms with E-state index in [-0.39, 0.29) is 5.41 Å². The summed E-state index contributed by atoms with van der Waals surface area (Å²) in [7, 11) is 2.02. The Morgan fingerprint density at radius 2 is 1.96 bits per heavy atom. The lowest BCUT2D eigenvalue weighted by Crippen LogP contribution is -2.11. The molecule has 0 bridgehead atoms. The van der Waals surface area contributed by atoms with Crippen LogP contribution in [0.25, 0.3) is 0 Å². The molecule has 0 N–H and O–H groups in total. The lowest BCUT2D eigenvalue weighted by molar-refractivity contribution is 0.520. The standard InChI is InChI=1S/C19H30N4/c1-12(17-9-13(2)22(7)21-17)8-15-10-18(15)23-11-16(14(3)20-23)19(4,5)6/h9,11-12,15,18H,8,10H2,1-7H3. The van der Waals surface area contributed by atoms with Gasteiger partial charge in [-0.15, -0.1) is 0 Å². The van der Waals surface area contributed by atoms with Gasteiger partial charge in [-0.3, -0.25) is 9.36 Å². The van der Waals surface area contributed by atoms with E-state index in [4.69, 9.17) is 5.10 Å². The SMILES string of the molecule is Cc1nn(C2CC2CC(C)c2cc(C)n(C)n2)cc1C(C)(C)C. The van der Waals surface area contributed by atoms with E-state index in [1.807, 2.05) is 11.7 Å². The zero-order valence-electron chi connectivity index (χ0n) is 15.6. The first-order valence-corrected chi connectivity index (χ1v) is 8.73. The molecule has 1 aliphatic rings. The molecular weight excluding hydrogens is 284 g/mol. The second kappa shape index (κ2) is 5.50. The molecule has 0 amide bonds. The summed E-state index contributed by atoms with van der Waals surface area (Å²) in [5, 5.41) is 9.42. The van der Waals surface area contributed by atoms with Gasteiger partial charge in [-0.25, -0.2) is 0 Å². The summed E-state index contributed by atoms with van der Waals surface area (Å²) in [6.45, 7) is 13.3. The second-order valence-electron chi connectivity index (χ2n) is 8.39. The molecule has 126 valence electrons. The van der Waals surface area contributed by atoms with Crippen molar-refractivity contribution in [3.63, 3.8) is 0 Å². The topological polar surface area (TPSA) is 35.6 Å². The van der Waals surface area contributed by atoms with E-state index in [0.29, 0.717) is 12.0 Å². The van der Waals surface area contributed by atoms with Crippen LogP contribution in [0.15, 0.2) is 12.3 Å². The van der Waals surface area contributed by atoms with Crippen molar-refractivity contribution >= 4 is 0 Å². The Morgan fingerprint density at radius 1 is 1.26 bits per heavy atom. The van der Waals surface area contributed by atoms with Gasteiger partial charge in [0.05, 0.1) is 17.4 Å². The Morgan fingerprint density at radius 3 is 2.48 bits per heavy atom. The van der Waals surface area contributed by atoms with Gasteiger partial charge < -0.3 is 0 Å². The Kier molecular flexibility index (Phi) is 3.89. The minimum absolute atomic E-state index is 0.172. The molecule has 3 atom stereocenters. The van der Waals surface area contributed by atoms with Gasteiger partial charge in [0.15, 0.2) is 0 Å². The van der Waals surface area contributed by atoms with Crippen LogP contribution in [0.3, 0.4) is 0 Å². The maximum Gasteiger partial charge on any atom is 0.0655 e. The Balaban J connectivity index is 1.66. The van der Waals surface area contributed by atoms with Gasteiger partial charge in [0.1, 0.15) is 0 Å². The first-order chi connectivity index (χ1) is 10.7. The highest BCUT2D eigenvalue weighted by Crippen LogP contribution is 2.48. The number of rotatable bonds is 4. The first-order valence-electron chi connectivity index (χ1n) is 8.73. The summed E-state index contributed by atoms with van der Waals surface area (Å²) in [5.74, 6) is 1.25. The highest BCUT2D eigenvalue weighted by atomic mass is 15.3. The van der Waals surface area contributed by atoms with Gasteiger partial charge in [0.2, 0.25) is 0 Å². The van der Waals surface area contributed by atoms with Crippen molar-refractivity contribution in [3.05, 3.63) is 34.9 Å². The molecule has 0 aliphatic heterocycles. The first kappa shape index (κ1) is 16.3. The summed E-state index contributed by atoms with van der Waals surface area (Å²) in [5.41, 5.74) is 5.18. The normalized spacial score (nSPS) is 22.4. The van der Waals surface area contributed by atoms with Gasteiger partial charge in [-0.2, -0.15) is 10.2 Å². The van der Waals surface area contributed by atoms with Crippen molar-refractivity contribution in [2.24, 2.45) is 13.0 Å². The highest BCUT2D eigenvalue weighted by molar-refractivity contribution is 5.25. The van der Waals surface area contributed by atoms with E-state index in [1.54, 1.807) is 0 Å². The van der Waals surface area contributed by atoms with Crippen molar-refractivity contribution in [1.82, 2.24) is 19.6 Å². The van der Waals surface area contributed by atoms with Crippen molar-refractivity contribution in [2.45, 2.75) is 71.8 Å². The highest BCUT2D eigenvalue weighted by Gasteiger charge is 2.41. The molecule has 1 fully saturated rings. The minimum atomic E-state index is 0.172.